The van der Waals surface area contributed by atoms with E-state index in [9.17, 15) is 14.4 Å². The van der Waals surface area contributed by atoms with E-state index in [2.05, 4.69) is 15.8 Å². The number of nitrogens with zero attached hydrogens (tertiary/aromatic N) is 1. The largest absolute Gasteiger partial charge is 0.294 e. The SMILES string of the molecule is O=C(CCC(=O)c1ccc(-c2ccccc2)cc1)NNC(=O)c1ccccn1. The van der Waals surface area contributed by atoms with Gasteiger partial charge >= 0.3 is 0 Å². The van der Waals surface area contributed by atoms with Crippen molar-refractivity contribution in [3.05, 3.63) is 90.3 Å². The Hall–Kier alpha value is -3.80. The summed E-state index contributed by atoms with van der Waals surface area (Å²) in [7, 11) is 0. The van der Waals surface area contributed by atoms with Crippen LogP contribution < -0.4 is 10.9 Å². The van der Waals surface area contributed by atoms with Gasteiger partial charge in [0.05, 0.1) is 0 Å². The molecule has 0 radical (unpaired) electrons. The number of ketones is 1. The number of carbonyl (C=O) groups is 3. The Morgan fingerprint density at radius 1 is 0.714 bits per heavy atom. The summed E-state index contributed by atoms with van der Waals surface area (Å²) in [6, 6.07) is 22.0. The number of hydrogen-bond acceptors (Lipinski definition) is 4. The van der Waals surface area contributed by atoms with Crippen LogP contribution in [0.15, 0.2) is 79.0 Å². The van der Waals surface area contributed by atoms with Crippen LogP contribution in [0.2, 0.25) is 0 Å². The molecule has 0 saturated heterocycles. The normalized spacial score (nSPS) is 10.1. The molecule has 1 aromatic heterocycles. The summed E-state index contributed by atoms with van der Waals surface area (Å²) in [5, 5.41) is 0. The molecule has 0 aliphatic heterocycles. The summed E-state index contributed by atoms with van der Waals surface area (Å²) >= 11 is 0. The average Bonchev–Trinajstić information content (AvgIpc) is 2.77. The van der Waals surface area contributed by atoms with Crippen LogP contribution in [0, 0.1) is 0 Å². The molecule has 0 bridgehead atoms. The number of Topliss-reactive ketones (excluding diaryl/α,β-unsaturated/α-hetero) is 1. The molecule has 6 heteroatoms. The van der Waals surface area contributed by atoms with E-state index in [0.717, 1.165) is 11.1 Å². The van der Waals surface area contributed by atoms with Gasteiger partial charge in [0.1, 0.15) is 5.69 Å². The van der Waals surface area contributed by atoms with E-state index >= 15 is 0 Å². The highest BCUT2D eigenvalue weighted by Gasteiger charge is 2.11. The Morgan fingerprint density at radius 2 is 1.39 bits per heavy atom. The first-order chi connectivity index (χ1) is 13.6. The average molecular weight is 373 g/mol. The van der Waals surface area contributed by atoms with Gasteiger partial charge in [-0.1, -0.05) is 60.7 Å². The maximum atomic E-state index is 12.3. The molecule has 140 valence electrons. The fraction of sp³-hybridized carbons (Fsp3) is 0.0909. The van der Waals surface area contributed by atoms with Gasteiger partial charge in [-0.2, -0.15) is 0 Å². The number of hydrogen-bond donors (Lipinski definition) is 2. The van der Waals surface area contributed by atoms with Gasteiger partial charge in [-0.25, -0.2) is 0 Å². The number of pyridine rings is 1. The van der Waals surface area contributed by atoms with Crippen molar-refractivity contribution in [2.75, 3.05) is 0 Å². The fourth-order valence-electron chi connectivity index (χ4n) is 2.60. The lowest BCUT2D eigenvalue weighted by molar-refractivity contribution is -0.121. The van der Waals surface area contributed by atoms with Crippen molar-refractivity contribution >= 4 is 17.6 Å². The highest BCUT2D eigenvalue weighted by atomic mass is 16.2. The molecule has 1 heterocycles. The minimum Gasteiger partial charge on any atom is -0.294 e. The molecular weight excluding hydrogens is 354 g/mol. The van der Waals surface area contributed by atoms with Gasteiger partial charge in [0, 0.05) is 24.6 Å². The molecule has 2 aromatic carbocycles. The van der Waals surface area contributed by atoms with Crippen molar-refractivity contribution in [2.24, 2.45) is 0 Å². The summed E-state index contributed by atoms with van der Waals surface area (Å²) in [6.07, 6.45) is 1.51. The smallest absolute Gasteiger partial charge is 0.288 e. The van der Waals surface area contributed by atoms with E-state index in [0.29, 0.717) is 5.56 Å². The topological polar surface area (TPSA) is 88.2 Å². The number of carbonyl (C=O) groups excluding carboxylic acids is 3. The lowest BCUT2D eigenvalue weighted by atomic mass is 10.0. The number of benzene rings is 2. The highest BCUT2D eigenvalue weighted by molar-refractivity contribution is 5.99. The van der Waals surface area contributed by atoms with Gasteiger partial charge in [-0.3, -0.25) is 30.2 Å². The first-order valence-electron chi connectivity index (χ1n) is 8.82. The van der Waals surface area contributed by atoms with Gasteiger partial charge < -0.3 is 0 Å². The van der Waals surface area contributed by atoms with Crippen molar-refractivity contribution in [1.82, 2.24) is 15.8 Å². The molecule has 2 amide bonds. The van der Waals surface area contributed by atoms with Crippen LogP contribution >= 0.6 is 0 Å². The van der Waals surface area contributed by atoms with Crippen molar-refractivity contribution in [3.63, 3.8) is 0 Å². The standard InChI is InChI=1S/C22H19N3O3/c26-20(18-11-9-17(10-12-18)16-6-2-1-3-7-16)13-14-21(27)24-25-22(28)19-8-4-5-15-23-19/h1-12,15H,13-14H2,(H,24,27)(H,25,28). The number of rotatable bonds is 6. The van der Waals surface area contributed by atoms with Crippen LogP contribution in [0.5, 0.6) is 0 Å². The van der Waals surface area contributed by atoms with Crippen molar-refractivity contribution < 1.29 is 14.4 Å². The van der Waals surface area contributed by atoms with E-state index in [1.54, 1.807) is 24.3 Å². The van der Waals surface area contributed by atoms with E-state index in [1.807, 2.05) is 42.5 Å². The number of nitrogens with one attached hydrogen (secondary N) is 2. The second-order valence-corrected chi connectivity index (χ2v) is 6.08. The molecule has 0 aliphatic rings. The quantitative estimate of drug-likeness (QED) is 0.513. The molecule has 28 heavy (non-hydrogen) atoms. The van der Waals surface area contributed by atoms with E-state index in [4.69, 9.17) is 0 Å². The molecule has 3 aromatic rings. The van der Waals surface area contributed by atoms with Crippen molar-refractivity contribution in [1.29, 1.82) is 0 Å². The summed E-state index contributed by atoms with van der Waals surface area (Å²) < 4.78 is 0. The number of hydrazine groups is 1. The third-order valence-corrected chi connectivity index (χ3v) is 4.11. The van der Waals surface area contributed by atoms with Crippen LogP contribution in [0.1, 0.15) is 33.7 Å². The zero-order valence-electron chi connectivity index (χ0n) is 15.1. The van der Waals surface area contributed by atoms with Crippen LogP contribution in [-0.4, -0.2) is 22.6 Å². The minimum absolute atomic E-state index is 0.0260. The molecule has 6 nitrogen and oxygen atoms in total. The Bertz CT molecular complexity index is 955. The summed E-state index contributed by atoms with van der Waals surface area (Å²) in [5.74, 6) is -1.10. The van der Waals surface area contributed by atoms with E-state index in [1.165, 1.54) is 12.3 Å². The molecule has 0 saturated carbocycles. The Labute approximate surface area is 162 Å². The van der Waals surface area contributed by atoms with E-state index < -0.39 is 11.8 Å². The first kappa shape index (κ1) is 19.0. The predicted molar refractivity (Wildman–Crippen MR) is 105 cm³/mol. The monoisotopic (exact) mass is 373 g/mol. The molecule has 0 fully saturated rings. The Kier molecular flexibility index (Phi) is 6.25. The predicted octanol–water partition coefficient (Wildman–Crippen LogP) is 3.17. The highest BCUT2D eigenvalue weighted by Crippen LogP contribution is 2.19. The molecule has 3 rings (SSSR count). The Morgan fingerprint density at radius 3 is 2.07 bits per heavy atom. The maximum Gasteiger partial charge on any atom is 0.288 e. The third kappa shape index (κ3) is 5.11. The summed E-state index contributed by atoms with van der Waals surface area (Å²) in [4.78, 5) is 39.8. The number of aromatic nitrogens is 1. The van der Waals surface area contributed by atoms with Crippen molar-refractivity contribution in [2.45, 2.75) is 12.8 Å². The number of amides is 2. The second-order valence-electron chi connectivity index (χ2n) is 6.08. The third-order valence-electron chi connectivity index (χ3n) is 4.11. The first-order valence-corrected chi connectivity index (χ1v) is 8.82. The minimum atomic E-state index is -0.517. The molecule has 0 unspecified atom stereocenters. The lowest BCUT2D eigenvalue weighted by Gasteiger charge is -2.07. The van der Waals surface area contributed by atoms with E-state index in [-0.39, 0.29) is 24.3 Å². The van der Waals surface area contributed by atoms with Crippen molar-refractivity contribution in [3.8, 4) is 11.1 Å². The molecule has 2 N–H and O–H groups in total. The zero-order valence-corrected chi connectivity index (χ0v) is 15.1. The molecule has 0 aliphatic carbocycles. The molecule has 0 spiro atoms. The second kappa shape index (κ2) is 9.23. The molecule has 0 atom stereocenters. The van der Waals surface area contributed by atoms with Gasteiger partial charge in [0.2, 0.25) is 5.91 Å². The van der Waals surface area contributed by atoms with Gasteiger partial charge in [0.15, 0.2) is 5.78 Å². The van der Waals surface area contributed by atoms with Crippen LogP contribution in [-0.2, 0) is 4.79 Å². The van der Waals surface area contributed by atoms with Gasteiger partial charge in [0.25, 0.3) is 5.91 Å². The fourth-order valence-corrected chi connectivity index (χ4v) is 2.60. The summed E-state index contributed by atoms with van der Waals surface area (Å²) in [5.41, 5.74) is 7.40. The van der Waals surface area contributed by atoms with Gasteiger partial charge in [-0.05, 0) is 23.3 Å². The van der Waals surface area contributed by atoms with Crippen LogP contribution in [0.3, 0.4) is 0 Å². The van der Waals surface area contributed by atoms with Gasteiger partial charge in [-0.15, -0.1) is 0 Å². The lowest BCUT2D eigenvalue weighted by Crippen LogP contribution is -2.42. The summed E-state index contributed by atoms with van der Waals surface area (Å²) in [6.45, 7) is 0. The Balaban J connectivity index is 1.47. The van der Waals surface area contributed by atoms with Crippen LogP contribution in [0.25, 0.3) is 11.1 Å². The molecular formula is C22H19N3O3. The zero-order chi connectivity index (χ0) is 19.8. The van der Waals surface area contributed by atoms with Crippen LogP contribution in [0.4, 0.5) is 0 Å². The maximum absolute atomic E-state index is 12.3.